The number of aliphatic hydroxyl groups excluding tert-OH is 1. The Kier molecular flexibility index (Phi) is 5.99. The van der Waals surface area contributed by atoms with Crippen molar-refractivity contribution in [3.05, 3.63) is 47.2 Å². The number of nitrogens with zero attached hydrogens (tertiary/aromatic N) is 5. The van der Waals surface area contributed by atoms with E-state index in [2.05, 4.69) is 27.3 Å². The molecule has 1 atom stereocenters. The first-order valence-electron chi connectivity index (χ1n) is 11.9. The van der Waals surface area contributed by atoms with Gasteiger partial charge in [-0.05, 0) is 50.3 Å². The summed E-state index contributed by atoms with van der Waals surface area (Å²) in [6.07, 6.45) is 4.25. The summed E-state index contributed by atoms with van der Waals surface area (Å²) in [6.45, 7) is 5.08. The second kappa shape index (κ2) is 9.12. The molecule has 3 heterocycles. The summed E-state index contributed by atoms with van der Waals surface area (Å²) in [5.74, 6) is 1.16. The van der Waals surface area contributed by atoms with Crippen LogP contribution >= 0.6 is 0 Å². The van der Waals surface area contributed by atoms with E-state index in [-0.39, 0.29) is 35.8 Å². The number of aromatic nitrogens is 3. The molecule has 0 radical (unpaired) electrons. The van der Waals surface area contributed by atoms with Crippen molar-refractivity contribution < 1.29 is 19.2 Å². The van der Waals surface area contributed by atoms with Gasteiger partial charge in [0.25, 0.3) is 5.89 Å². The van der Waals surface area contributed by atoms with Crippen LogP contribution in [0.25, 0.3) is 22.8 Å². The minimum absolute atomic E-state index is 0.0799. The lowest BCUT2D eigenvalue weighted by atomic mass is 9.80. The number of fused-ring (bicyclic) bond motifs is 2. The van der Waals surface area contributed by atoms with Gasteiger partial charge in [0, 0.05) is 43.3 Å². The minimum Gasteiger partial charge on any atom is -0.474 e. The molecule has 9 heteroatoms. The highest BCUT2D eigenvalue weighted by atomic mass is 16.5. The third-order valence-electron chi connectivity index (χ3n) is 6.76. The number of benzene rings is 1. The van der Waals surface area contributed by atoms with Crippen molar-refractivity contribution >= 4 is 5.91 Å². The third-order valence-corrected chi connectivity index (χ3v) is 6.76. The van der Waals surface area contributed by atoms with E-state index in [0.717, 1.165) is 24.0 Å². The van der Waals surface area contributed by atoms with Gasteiger partial charge in [0.15, 0.2) is 0 Å². The van der Waals surface area contributed by atoms with E-state index in [9.17, 15) is 10.1 Å². The van der Waals surface area contributed by atoms with Gasteiger partial charge in [-0.3, -0.25) is 4.79 Å². The highest BCUT2D eigenvalue weighted by Gasteiger charge is 2.48. The van der Waals surface area contributed by atoms with Gasteiger partial charge >= 0.3 is 0 Å². The third kappa shape index (κ3) is 4.15. The summed E-state index contributed by atoms with van der Waals surface area (Å²) in [4.78, 5) is 23.4. The zero-order valence-electron chi connectivity index (χ0n) is 19.8. The summed E-state index contributed by atoms with van der Waals surface area (Å²) >= 11 is 0. The standard InChI is InChI=1S/C26H27N5O4/c1-16(2)34-24-17(13-27)11-18(14-28-24)25-29-23(30-35-25)20-5-3-6-21-19(20)7-8-26(21)12-22(33)31(15-26)9-4-10-32/h3,5-6,11,14,16,32H,4,7-10,12,15H2,1-2H3. The van der Waals surface area contributed by atoms with Crippen LogP contribution in [0, 0.1) is 11.3 Å². The molecule has 1 spiro atoms. The van der Waals surface area contributed by atoms with Crippen LogP contribution in [0.5, 0.6) is 5.88 Å². The number of nitriles is 1. The first kappa shape index (κ1) is 23.0. The number of pyridine rings is 1. The van der Waals surface area contributed by atoms with Gasteiger partial charge < -0.3 is 19.3 Å². The van der Waals surface area contributed by atoms with Gasteiger partial charge in [0.1, 0.15) is 11.6 Å². The number of amides is 1. The maximum absolute atomic E-state index is 12.7. The van der Waals surface area contributed by atoms with Crippen molar-refractivity contribution in [2.75, 3.05) is 19.7 Å². The van der Waals surface area contributed by atoms with Gasteiger partial charge in [-0.15, -0.1) is 0 Å². The van der Waals surface area contributed by atoms with Crippen molar-refractivity contribution in [1.29, 1.82) is 5.26 Å². The van der Waals surface area contributed by atoms with Crippen LogP contribution in [-0.4, -0.2) is 56.8 Å². The highest BCUT2D eigenvalue weighted by molar-refractivity contribution is 5.82. The van der Waals surface area contributed by atoms with Crippen molar-refractivity contribution in [2.45, 2.75) is 51.0 Å². The van der Waals surface area contributed by atoms with Crippen LogP contribution in [0.2, 0.25) is 0 Å². The number of carbonyl (C=O) groups is 1. The number of aliphatic hydroxyl groups is 1. The number of hydrogen-bond donors (Lipinski definition) is 1. The lowest BCUT2D eigenvalue weighted by Gasteiger charge is -2.25. The van der Waals surface area contributed by atoms with Crippen LogP contribution < -0.4 is 4.74 Å². The number of hydrogen-bond acceptors (Lipinski definition) is 8. The maximum atomic E-state index is 12.7. The molecular weight excluding hydrogens is 446 g/mol. The number of ether oxygens (including phenoxy) is 1. The molecule has 9 nitrogen and oxygen atoms in total. The molecule has 2 aromatic heterocycles. The zero-order chi connectivity index (χ0) is 24.6. The molecule has 1 saturated heterocycles. The minimum atomic E-state index is -0.206. The molecular formula is C26H27N5O4. The molecule has 1 unspecified atom stereocenters. The Morgan fingerprint density at radius 2 is 2.23 bits per heavy atom. The SMILES string of the molecule is CC(C)Oc1ncc(-c2nc(-c3cccc4c3CCC43CC(=O)N(CCCO)C3)no2)cc1C#N. The van der Waals surface area contributed by atoms with Crippen molar-refractivity contribution in [3.8, 4) is 34.8 Å². The predicted molar refractivity (Wildman–Crippen MR) is 126 cm³/mol. The normalized spacial score (nSPS) is 18.9. The number of likely N-dealkylation sites (tertiary alicyclic amines) is 1. The fourth-order valence-electron chi connectivity index (χ4n) is 5.20. The lowest BCUT2D eigenvalue weighted by molar-refractivity contribution is -0.127. The molecule has 1 amide bonds. The van der Waals surface area contributed by atoms with Gasteiger partial charge in [0.2, 0.25) is 17.6 Å². The summed E-state index contributed by atoms with van der Waals surface area (Å²) < 4.78 is 11.1. The predicted octanol–water partition coefficient (Wildman–Crippen LogP) is 3.26. The largest absolute Gasteiger partial charge is 0.474 e. The van der Waals surface area contributed by atoms with Crippen LogP contribution in [-0.2, 0) is 16.6 Å². The Morgan fingerprint density at radius 3 is 3.00 bits per heavy atom. The summed E-state index contributed by atoms with van der Waals surface area (Å²) in [7, 11) is 0. The highest BCUT2D eigenvalue weighted by Crippen LogP contribution is 2.48. The fraction of sp³-hybridized carbons (Fsp3) is 0.423. The molecule has 0 saturated carbocycles. The molecule has 1 fully saturated rings. The average molecular weight is 474 g/mol. The number of carbonyl (C=O) groups excluding carboxylic acids is 1. The van der Waals surface area contributed by atoms with Gasteiger partial charge in [-0.25, -0.2) is 4.98 Å². The lowest BCUT2D eigenvalue weighted by Crippen LogP contribution is -2.31. The molecule has 3 aromatic rings. The van der Waals surface area contributed by atoms with Crippen LogP contribution in [0.3, 0.4) is 0 Å². The zero-order valence-corrected chi connectivity index (χ0v) is 19.8. The summed E-state index contributed by atoms with van der Waals surface area (Å²) in [6, 6.07) is 9.80. The molecule has 35 heavy (non-hydrogen) atoms. The quantitative estimate of drug-likeness (QED) is 0.554. The van der Waals surface area contributed by atoms with Crippen molar-refractivity contribution in [3.63, 3.8) is 0 Å². The topological polar surface area (TPSA) is 125 Å². The van der Waals surface area contributed by atoms with E-state index in [1.165, 1.54) is 5.56 Å². The monoisotopic (exact) mass is 473 g/mol. The first-order valence-corrected chi connectivity index (χ1v) is 11.9. The Morgan fingerprint density at radius 1 is 1.37 bits per heavy atom. The second-order valence-electron chi connectivity index (χ2n) is 9.46. The smallest absolute Gasteiger partial charge is 0.259 e. The molecule has 0 bridgehead atoms. The van der Waals surface area contributed by atoms with Crippen molar-refractivity contribution in [1.82, 2.24) is 20.0 Å². The molecule has 1 aliphatic carbocycles. The van der Waals surface area contributed by atoms with Crippen molar-refractivity contribution in [2.24, 2.45) is 0 Å². The molecule has 180 valence electrons. The summed E-state index contributed by atoms with van der Waals surface area (Å²) in [5, 5.41) is 22.9. The Bertz CT molecular complexity index is 1310. The molecule has 1 aromatic carbocycles. The maximum Gasteiger partial charge on any atom is 0.259 e. The second-order valence-corrected chi connectivity index (χ2v) is 9.46. The van der Waals surface area contributed by atoms with Crippen LogP contribution in [0.4, 0.5) is 0 Å². The fourth-order valence-corrected chi connectivity index (χ4v) is 5.20. The Hall–Kier alpha value is -3.77. The average Bonchev–Trinajstić information content (AvgIpc) is 3.55. The molecule has 1 aliphatic heterocycles. The van der Waals surface area contributed by atoms with E-state index < -0.39 is 0 Å². The van der Waals surface area contributed by atoms with E-state index in [1.807, 2.05) is 30.9 Å². The van der Waals surface area contributed by atoms with E-state index in [1.54, 1.807) is 12.3 Å². The van der Waals surface area contributed by atoms with Crippen LogP contribution in [0.1, 0.15) is 49.8 Å². The van der Waals surface area contributed by atoms with E-state index in [0.29, 0.717) is 42.9 Å². The number of rotatable bonds is 7. The Balaban J connectivity index is 1.44. The Labute approximate surface area is 203 Å². The van der Waals surface area contributed by atoms with Gasteiger partial charge in [-0.1, -0.05) is 23.4 Å². The molecule has 1 N–H and O–H groups in total. The van der Waals surface area contributed by atoms with Crippen LogP contribution in [0.15, 0.2) is 35.0 Å². The first-order chi connectivity index (χ1) is 16.9. The van der Waals surface area contributed by atoms with E-state index >= 15 is 0 Å². The van der Waals surface area contributed by atoms with Gasteiger partial charge in [0.05, 0.1) is 11.7 Å². The summed E-state index contributed by atoms with van der Waals surface area (Å²) in [5.41, 5.74) is 3.85. The van der Waals surface area contributed by atoms with Gasteiger partial charge in [-0.2, -0.15) is 10.2 Å². The van der Waals surface area contributed by atoms with E-state index in [4.69, 9.17) is 14.4 Å². The molecule has 5 rings (SSSR count). The molecule has 2 aliphatic rings.